The molecule has 2 aromatic carbocycles. The van der Waals surface area contributed by atoms with Crippen molar-refractivity contribution in [3.05, 3.63) is 71.9 Å². The van der Waals surface area contributed by atoms with Crippen LogP contribution in [-0.2, 0) is 5.41 Å². The molecule has 4 rings (SSSR count). The van der Waals surface area contributed by atoms with Gasteiger partial charge in [0.25, 0.3) is 0 Å². The van der Waals surface area contributed by atoms with E-state index in [1.165, 1.54) is 0 Å². The Morgan fingerprint density at radius 2 is 1.56 bits per heavy atom. The largest absolute Gasteiger partial charge is 0.240 e. The molecule has 1 fully saturated rings. The normalized spacial score (nSPS) is 15.4. The van der Waals surface area contributed by atoms with Gasteiger partial charge in [-0.05, 0) is 55.7 Å². The molecule has 0 atom stereocenters. The highest BCUT2D eigenvalue weighted by Crippen LogP contribution is 2.57. The molecule has 25 heavy (non-hydrogen) atoms. The summed E-state index contributed by atoms with van der Waals surface area (Å²) in [5.41, 5.74) is 2.82. The van der Waals surface area contributed by atoms with Crippen LogP contribution in [0.3, 0.4) is 0 Å². The minimum Gasteiger partial charge on any atom is -0.240 e. The lowest BCUT2D eigenvalue weighted by Gasteiger charge is -2.14. The highest BCUT2D eigenvalue weighted by Gasteiger charge is 2.50. The van der Waals surface area contributed by atoms with Crippen molar-refractivity contribution in [1.82, 2.24) is 4.98 Å². The van der Waals surface area contributed by atoms with Crippen molar-refractivity contribution in [2.75, 3.05) is 0 Å². The van der Waals surface area contributed by atoms with E-state index in [2.05, 4.69) is 6.92 Å². The fourth-order valence-corrected chi connectivity index (χ4v) is 5.41. The van der Waals surface area contributed by atoms with Crippen LogP contribution in [0.2, 0.25) is 20.1 Å². The molecule has 0 amide bonds. The molecule has 128 valence electrons. The lowest BCUT2D eigenvalue weighted by Crippen LogP contribution is -2.09. The fourth-order valence-electron chi connectivity index (χ4n) is 3.13. The summed E-state index contributed by atoms with van der Waals surface area (Å²) in [5.74, 6) is 0. The van der Waals surface area contributed by atoms with E-state index in [-0.39, 0.29) is 5.41 Å². The van der Waals surface area contributed by atoms with Crippen molar-refractivity contribution in [3.63, 3.8) is 0 Å². The molecule has 3 aromatic rings. The van der Waals surface area contributed by atoms with Crippen molar-refractivity contribution in [3.8, 4) is 11.3 Å². The third-order valence-corrected chi connectivity index (χ3v) is 6.86. The summed E-state index contributed by atoms with van der Waals surface area (Å²) < 4.78 is 0. The van der Waals surface area contributed by atoms with E-state index in [0.29, 0.717) is 20.1 Å². The molecule has 0 unspecified atom stereocenters. The molecule has 0 aliphatic heterocycles. The monoisotopic (exact) mass is 427 g/mol. The number of hydrogen-bond acceptors (Lipinski definition) is 2. The second kappa shape index (κ2) is 6.44. The van der Waals surface area contributed by atoms with E-state index >= 15 is 0 Å². The quantitative estimate of drug-likeness (QED) is 0.414. The molecule has 1 aromatic heterocycles. The number of rotatable bonds is 3. The van der Waals surface area contributed by atoms with Crippen molar-refractivity contribution in [2.45, 2.75) is 25.2 Å². The average Bonchev–Trinajstić information content (AvgIpc) is 3.25. The van der Waals surface area contributed by atoms with E-state index in [9.17, 15) is 0 Å². The predicted molar refractivity (Wildman–Crippen MR) is 109 cm³/mol. The molecule has 6 heteroatoms. The van der Waals surface area contributed by atoms with Gasteiger partial charge in [0.2, 0.25) is 0 Å². The van der Waals surface area contributed by atoms with Crippen LogP contribution in [0.15, 0.2) is 36.4 Å². The zero-order valence-electron chi connectivity index (χ0n) is 13.2. The average molecular weight is 429 g/mol. The summed E-state index contributed by atoms with van der Waals surface area (Å²) in [6.45, 7) is 2.07. The maximum atomic E-state index is 6.47. The Hall–Kier alpha value is -0.770. The maximum absolute atomic E-state index is 6.47. The number of aromatic nitrogens is 1. The molecular weight excluding hydrogens is 416 g/mol. The van der Waals surface area contributed by atoms with E-state index in [1.807, 2.05) is 24.3 Å². The highest BCUT2D eigenvalue weighted by molar-refractivity contribution is 7.12. The minimum atomic E-state index is -0.103. The molecule has 0 bridgehead atoms. The van der Waals surface area contributed by atoms with E-state index < -0.39 is 0 Å². The molecule has 1 aliphatic rings. The fraction of sp³-hybridized carbons (Fsp3) is 0.211. The number of halogens is 4. The lowest BCUT2D eigenvalue weighted by molar-refractivity contribution is 0.835. The van der Waals surface area contributed by atoms with Crippen molar-refractivity contribution < 1.29 is 0 Å². The first-order chi connectivity index (χ1) is 11.9. The molecule has 0 radical (unpaired) electrons. The van der Waals surface area contributed by atoms with Crippen LogP contribution in [0.25, 0.3) is 11.3 Å². The Labute approximate surface area is 170 Å². The standard InChI is InChI=1S/C19H13Cl4NS/c1-10-17(13-4-2-11(20)8-15(13)22)24-18(25-10)19(6-7-19)14-5-3-12(21)9-16(14)23/h2-5,8-9H,6-7H2,1H3. The van der Waals surface area contributed by atoms with Gasteiger partial charge in [0.1, 0.15) is 5.01 Å². The summed E-state index contributed by atoms with van der Waals surface area (Å²) in [5, 5.41) is 3.66. The maximum Gasteiger partial charge on any atom is 0.104 e. The first-order valence-corrected chi connectivity index (χ1v) is 10.1. The zero-order valence-corrected chi connectivity index (χ0v) is 17.1. The van der Waals surface area contributed by atoms with Crippen molar-refractivity contribution in [1.29, 1.82) is 0 Å². The molecule has 0 N–H and O–H groups in total. The Kier molecular flexibility index (Phi) is 4.54. The Morgan fingerprint density at radius 3 is 2.16 bits per heavy atom. The number of nitrogens with zero attached hydrogens (tertiary/aromatic N) is 1. The van der Waals surface area contributed by atoms with Gasteiger partial charge in [-0.1, -0.05) is 52.5 Å². The summed E-state index contributed by atoms with van der Waals surface area (Å²) in [6.07, 6.45) is 2.07. The van der Waals surface area contributed by atoms with Gasteiger partial charge in [0.15, 0.2) is 0 Å². The second-order valence-electron chi connectivity index (χ2n) is 6.25. The van der Waals surface area contributed by atoms with Crippen LogP contribution in [0.4, 0.5) is 0 Å². The summed E-state index contributed by atoms with van der Waals surface area (Å²) in [4.78, 5) is 6.08. The smallest absolute Gasteiger partial charge is 0.104 e. The van der Waals surface area contributed by atoms with Gasteiger partial charge in [0, 0.05) is 30.9 Å². The molecule has 1 heterocycles. The third-order valence-electron chi connectivity index (χ3n) is 4.59. The van der Waals surface area contributed by atoms with Crippen LogP contribution >= 0.6 is 57.7 Å². The van der Waals surface area contributed by atoms with Crippen LogP contribution in [-0.4, -0.2) is 4.98 Å². The van der Waals surface area contributed by atoms with Gasteiger partial charge in [0.05, 0.1) is 10.7 Å². The number of hydrogen-bond donors (Lipinski definition) is 0. The van der Waals surface area contributed by atoms with Crippen molar-refractivity contribution in [2.24, 2.45) is 0 Å². The zero-order chi connectivity index (χ0) is 17.8. The van der Waals surface area contributed by atoms with E-state index in [1.54, 1.807) is 23.5 Å². The first kappa shape index (κ1) is 17.6. The van der Waals surface area contributed by atoms with Crippen molar-refractivity contribution >= 4 is 57.7 Å². The number of aryl methyl sites for hydroxylation is 1. The predicted octanol–water partition coefficient (Wildman–Crippen LogP) is 7.81. The molecule has 1 nitrogen and oxygen atoms in total. The molecule has 1 aliphatic carbocycles. The van der Waals surface area contributed by atoms with Gasteiger partial charge in [-0.15, -0.1) is 11.3 Å². The Bertz CT molecular complexity index is 976. The topological polar surface area (TPSA) is 12.9 Å². The second-order valence-corrected chi connectivity index (χ2v) is 9.14. The van der Waals surface area contributed by atoms with Crippen LogP contribution in [0.5, 0.6) is 0 Å². The Morgan fingerprint density at radius 1 is 0.920 bits per heavy atom. The number of benzene rings is 2. The SMILES string of the molecule is Cc1sc(C2(c3ccc(Cl)cc3Cl)CC2)nc1-c1ccc(Cl)cc1Cl. The van der Waals surface area contributed by atoms with Gasteiger partial charge < -0.3 is 0 Å². The van der Waals surface area contributed by atoms with E-state index in [4.69, 9.17) is 51.4 Å². The summed E-state index contributed by atoms with van der Waals surface area (Å²) >= 11 is 26.6. The van der Waals surface area contributed by atoms with Crippen LogP contribution < -0.4 is 0 Å². The minimum absolute atomic E-state index is 0.103. The number of thiazole rings is 1. The van der Waals surface area contributed by atoms with Gasteiger partial charge in [-0.25, -0.2) is 4.98 Å². The summed E-state index contributed by atoms with van der Waals surface area (Å²) in [7, 11) is 0. The molecule has 0 saturated heterocycles. The van der Waals surface area contributed by atoms with Crippen LogP contribution in [0, 0.1) is 6.92 Å². The summed E-state index contributed by atoms with van der Waals surface area (Å²) in [6, 6.07) is 11.2. The highest BCUT2D eigenvalue weighted by atomic mass is 35.5. The van der Waals surface area contributed by atoms with Gasteiger partial charge >= 0.3 is 0 Å². The Balaban J connectivity index is 1.80. The first-order valence-electron chi connectivity index (χ1n) is 7.79. The van der Waals surface area contributed by atoms with E-state index in [0.717, 1.165) is 39.5 Å². The molecular formula is C19H13Cl4NS. The lowest BCUT2D eigenvalue weighted by atomic mass is 9.96. The van der Waals surface area contributed by atoms with Gasteiger partial charge in [-0.2, -0.15) is 0 Å². The molecule has 0 spiro atoms. The van der Waals surface area contributed by atoms with Gasteiger partial charge in [-0.3, -0.25) is 0 Å². The molecule has 1 saturated carbocycles. The van der Waals surface area contributed by atoms with Crippen LogP contribution in [0.1, 0.15) is 28.3 Å². The third kappa shape index (κ3) is 3.09.